The predicted octanol–water partition coefficient (Wildman–Crippen LogP) is 1.77. The molecule has 0 amide bonds. The highest BCUT2D eigenvalue weighted by Crippen LogP contribution is 2.22. The minimum Gasteiger partial charge on any atom is -0.480 e. The molecule has 0 spiro atoms. The average Bonchev–Trinajstić information content (AvgIpc) is 2.49. The van der Waals surface area contributed by atoms with Gasteiger partial charge in [0, 0.05) is 5.39 Å². The summed E-state index contributed by atoms with van der Waals surface area (Å²) in [5.41, 5.74) is 0.663. The number of halogens is 1. The van der Waals surface area contributed by atoms with Crippen molar-refractivity contribution in [3.05, 3.63) is 29.4 Å². The van der Waals surface area contributed by atoms with Crippen molar-refractivity contribution in [3.8, 4) is 0 Å². The summed E-state index contributed by atoms with van der Waals surface area (Å²) in [6, 6.07) is 5.36. The van der Waals surface area contributed by atoms with Crippen molar-refractivity contribution in [2.45, 2.75) is 6.54 Å². The van der Waals surface area contributed by atoms with E-state index in [2.05, 4.69) is 5.10 Å². The van der Waals surface area contributed by atoms with Crippen LogP contribution in [-0.4, -0.2) is 20.9 Å². The first-order valence-corrected chi connectivity index (χ1v) is 4.38. The van der Waals surface area contributed by atoms with E-state index in [1.807, 2.05) is 6.07 Å². The van der Waals surface area contributed by atoms with Crippen LogP contribution in [0.4, 0.5) is 0 Å². The number of fused-ring (bicyclic) bond motifs is 1. The molecule has 0 radical (unpaired) electrons. The van der Waals surface area contributed by atoms with Gasteiger partial charge < -0.3 is 5.11 Å². The van der Waals surface area contributed by atoms with Gasteiger partial charge in [0.1, 0.15) is 6.54 Å². The lowest BCUT2D eigenvalue weighted by atomic mass is 10.2. The molecule has 0 aliphatic carbocycles. The van der Waals surface area contributed by atoms with E-state index in [1.165, 1.54) is 4.68 Å². The van der Waals surface area contributed by atoms with Crippen LogP contribution in [0.25, 0.3) is 10.9 Å². The molecule has 0 aliphatic heterocycles. The molecule has 5 heteroatoms. The van der Waals surface area contributed by atoms with Crippen molar-refractivity contribution in [2.75, 3.05) is 0 Å². The first-order chi connectivity index (χ1) is 6.68. The van der Waals surface area contributed by atoms with Crippen LogP contribution >= 0.6 is 11.6 Å². The molecule has 1 aromatic carbocycles. The molecular formula is C9H7ClN2O2. The maximum absolute atomic E-state index is 10.5. The van der Waals surface area contributed by atoms with Crippen LogP contribution in [0.3, 0.4) is 0 Å². The molecule has 1 aromatic heterocycles. The normalized spacial score (nSPS) is 10.6. The first-order valence-electron chi connectivity index (χ1n) is 4.00. The molecule has 72 valence electrons. The Balaban J connectivity index is 2.61. The van der Waals surface area contributed by atoms with E-state index in [0.29, 0.717) is 10.5 Å². The van der Waals surface area contributed by atoms with E-state index < -0.39 is 5.97 Å². The van der Waals surface area contributed by atoms with Crippen LogP contribution in [0.15, 0.2) is 24.4 Å². The van der Waals surface area contributed by atoms with Crippen LogP contribution < -0.4 is 0 Å². The Morgan fingerprint density at radius 2 is 2.36 bits per heavy atom. The fraction of sp³-hybridized carbons (Fsp3) is 0.111. The molecule has 14 heavy (non-hydrogen) atoms. The predicted molar refractivity (Wildman–Crippen MR) is 52.4 cm³/mol. The van der Waals surface area contributed by atoms with Crippen LogP contribution in [0.1, 0.15) is 0 Å². The lowest BCUT2D eigenvalue weighted by Gasteiger charge is -2.00. The standard InChI is InChI=1S/C9H7ClN2O2/c10-7-3-1-2-6-4-11-12(9(6)7)5-8(13)14/h1-4H,5H2,(H,13,14). The first kappa shape index (κ1) is 9.02. The second kappa shape index (κ2) is 3.31. The van der Waals surface area contributed by atoms with Crippen molar-refractivity contribution in [2.24, 2.45) is 0 Å². The van der Waals surface area contributed by atoms with Crippen LogP contribution in [0.2, 0.25) is 5.02 Å². The summed E-state index contributed by atoms with van der Waals surface area (Å²) in [5.74, 6) is -0.935. The zero-order chi connectivity index (χ0) is 10.1. The summed E-state index contributed by atoms with van der Waals surface area (Å²) in [4.78, 5) is 10.5. The van der Waals surface area contributed by atoms with E-state index in [4.69, 9.17) is 16.7 Å². The number of carbonyl (C=O) groups is 1. The van der Waals surface area contributed by atoms with Crippen LogP contribution in [0, 0.1) is 0 Å². The maximum Gasteiger partial charge on any atom is 0.325 e. The number of carboxylic acid groups (broad SMARTS) is 1. The van der Waals surface area contributed by atoms with Gasteiger partial charge in [-0.1, -0.05) is 23.7 Å². The molecule has 0 atom stereocenters. The quantitative estimate of drug-likeness (QED) is 0.822. The smallest absolute Gasteiger partial charge is 0.325 e. The number of para-hydroxylation sites is 1. The summed E-state index contributed by atoms with van der Waals surface area (Å²) in [6.07, 6.45) is 1.60. The third-order valence-corrected chi connectivity index (χ3v) is 2.20. The summed E-state index contributed by atoms with van der Waals surface area (Å²) in [5, 5.41) is 13.9. The van der Waals surface area contributed by atoms with Crippen LogP contribution in [0.5, 0.6) is 0 Å². The number of rotatable bonds is 2. The minimum absolute atomic E-state index is 0.173. The Hall–Kier alpha value is -1.55. The van der Waals surface area contributed by atoms with Gasteiger partial charge in [-0.15, -0.1) is 0 Å². The Morgan fingerprint density at radius 3 is 3.07 bits per heavy atom. The molecule has 0 saturated heterocycles. The maximum atomic E-state index is 10.5. The number of hydrogen-bond donors (Lipinski definition) is 1. The van der Waals surface area contributed by atoms with Gasteiger partial charge in [0.25, 0.3) is 0 Å². The second-order valence-electron chi connectivity index (χ2n) is 2.87. The fourth-order valence-electron chi connectivity index (χ4n) is 1.35. The number of carboxylic acids is 1. The molecule has 4 nitrogen and oxygen atoms in total. The van der Waals surface area contributed by atoms with Gasteiger partial charge in [0.05, 0.1) is 16.7 Å². The van der Waals surface area contributed by atoms with E-state index in [0.717, 1.165) is 5.39 Å². The Kier molecular flexibility index (Phi) is 2.13. The van der Waals surface area contributed by atoms with E-state index in [9.17, 15) is 4.79 Å². The summed E-state index contributed by atoms with van der Waals surface area (Å²) >= 11 is 5.93. The van der Waals surface area contributed by atoms with E-state index in [1.54, 1.807) is 18.3 Å². The molecule has 1 N–H and O–H groups in total. The van der Waals surface area contributed by atoms with Gasteiger partial charge in [-0.3, -0.25) is 9.48 Å². The van der Waals surface area contributed by atoms with Crippen molar-refractivity contribution in [1.82, 2.24) is 9.78 Å². The highest BCUT2D eigenvalue weighted by atomic mass is 35.5. The van der Waals surface area contributed by atoms with Crippen molar-refractivity contribution in [1.29, 1.82) is 0 Å². The summed E-state index contributed by atoms with van der Waals surface area (Å²) < 4.78 is 1.37. The van der Waals surface area contributed by atoms with E-state index >= 15 is 0 Å². The largest absolute Gasteiger partial charge is 0.480 e. The van der Waals surface area contributed by atoms with Crippen LogP contribution in [-0.2, 0) is 11.3 Å². The fourth-order valence-corrected chi connectivity index (χ4v) is 1.63. The highest BCUT2D eigenvalue weighted by molar-refractivity contribution is 6.35. The van der Waals surface area contributed by atoms with Crippen molar-refractivity contribution in [3.63, 3.8) is 0 Å². The zero-order valence-corrected chi connectivity index (χ0v) is 7.90. The van der Waals surface area contributed by atoms with Gasteiger partial charge in [0.15, 0.2) is 0 Å². The molecular weight excluding hydrogens is 204 g/mol. The van der Waals surface area contributed by atoms with Crippen molar-refractivity contribution >= 4 is 28.5 Å². The molecule has 0 fully saturated rings. The van der Waals surface area contributed by atoms with Gasteiger partial charge in [-0.2, -0.15) is 5.10 Å². The third kappa shape index (κ3) is 1.44. The Bertz CT molecular complexity index is 493. The number of nitrogens with zero attached hydrogens (tertiary/aromatic N) is 2. The minimum atomic E-state index is -0.935. The molecule has 0 unspecified atom stereocenters. The van der Waals surface area contributed by atoms with Gasteiger partial charge >= 0.3 is 5.97 Å². The number of hydrogen-bond acceptors (Lipinski definition) is 2. The monoisotopic (exact) mass is 210 g/mol. The Labute approximate surface area is 84.7 Å². The SMILES string of the molecule is O=C(O)Cn1ncc2cccc(Cl)c21. The summed E-state index contributed by atoms with van der Waals surface area (Å²) in [6.45, 7) is -0.173. The topological polar surface area (TPSA) is 55.1 Å². The molecule has 2 rings (SSSR count). The molecule has 0 saturated carbocycles. The number of aliphatic carboxylic acids is 1. The molecule has 0 bridgehead atoms. The highest BCUT2D eigenvalue weighted by Gasteiger charge is 2.08. The number of aromatic nitrogens is 2. The Morgan fingerprint density at radius 1 is 1.57 bits per heavy atom. The van der Waals surface area contributed by atoms with E-state index in [-0.39, 0.29) is 6.54 Å². The zero-order valence-electron chi connectivity index (χ0n) is 7.14. The molecule has 2 aromatic rings. The summed E-state index contributed by atoms with van der Waals surface area (Å²) in [7, 11) is 0. The lowest BCUT2D eigenvalue weighted by Crippen LogP contribution is -2.09. The second-order valence-corrected chi connectivity index (χ2v) is 3.28. The van der Waals surface area contributed by atoms with Gasteiger partial charge in [0.2, 0.25) is 0 Å². The van der Waals surface area contributed by atoms with Gasteiger partial charge in [-0.25, -0.2) is 0 Å². The third-order valence-electron chi connectivity index (χ3n) is 1.90. The van der Waals surface area contributed by atoms with Crippen molar-refractivity contribution < 1.29 is 9.90 Å². The van der Waals surface area contributed by atoms with Gasteiger partial charge in [-0.05, 0) is 6.07 Å². The lowest BCUT2D eigenvalue weighted by molar-refractivity contribution is -0.137. The molecule has 1 heterocycles. The molecule has 0 aliphatic rings. The number of benzene rings is 1. The average molecular weight is 211 g/mol.